The van der Waals surface area contributed by atoms with Crippen molar-refractivity contribution in [2.75, 3.05) is 19.8 Å². The maximum Gasteiger partial charge on any atom is 0.171 e. The highest BCUT2D eigenvalue weighted by molar-refractivity contribution is 5.98. The van der Waals surface area contributed by atoms with Gasteiger partial charge in [0.1, 0.15) is 0 Å². The Kier molecular flexibility index (Phi) is 4.44. The third kappa shape index (κ3) is 2.94. The molecule has 4 nitrogen and oxygen atoms in total. The third-order valence-corrected chi connectivity index (χ3v) is 3.23. The van der Waals surface area contributed by atoms with Crippen molar-refractivity contribution in [3.8, 4) is 0 Å². The van der Waals surface area contributed by atoms with Crippen LogP contribution in [0.25, 0.3) is 0 Å². The molecule has 0 bridgehead atoms. The molecule has 1 aliphatic heterocycles. The lowest BCUT2D eigenvalue weighted by molar-refractivity contribution is 0.0891. The quantitative estimate of drug-likeness (QED) is 0.804. The van der Waals surface area contributed by atoms with Gasteiger partial charge in [-0.3, -0.25) is 9.78 Å². The van der Waals surface area contributed by atoms with Crippen molar-refractivity contribution in [3.63, 3.8) is 0 Å². The van der Waals surface area contributed by atoms with Crippen LogP contribution in [0, 0.1) is 12.8 Å². The maximum atomic E-state index is 12.4. The van der Waals surface area contributed by atoms with E-state index in [9.17, 15) is 4.79 Å². The average molecular weight is 248 g/mol. The van der Waals surface area contributed by atoms with Crippen molar-refractivity contribution in [1.82, 2.24) is 10.3 Å². The first-order chi connectivity index (χ1) is 8.72. The highest BCUT2D eigenvalue weighted by atomic mass is 16.5. The van der Waals surface area contributed by atoms with Crippen molar-refractivity contribution in [1.29, 1.82) is 0 Å². The Bertz CT molecular complexity index is 420. The topological polar surface area (TPSA) is 51.2 Å². The van der Waals surface area contributed by atoms with Crippen LogP contribution in [0.3, 0.4) is 0 Å². The molecule has 2 atom stereocenters. The Balaban J connectivity index is 2.08. The number of hydrogen-bond donors (Lipinski definition) is 1. The van der Waals surface area contributed by atoms with Crippen LogP contribution in [0.5, 0.6) is 0 Å². The molecule has 0 aliphatic carbocycles. The van der Waals surface area contributed by atoms with Crippen molar-refractivity contribution >= 4 is 5.78 Å². The number of ketones is 1. The van der Waals surface area contributed by atoms with E-state index in [0.29, 0.717) is 18.8 Å². The number of pyridine rings is 1. The van der Waals surface area contributed by atoms with E-state index in [1.165, 1.54) is 0 Å². The van der Waals surface area contributed by atoms with E-state index in [4.69, 9.17) is 4.74 Å². The zero-order chi connectivity index (χ0) is 13.0. The molecule has 98 valence electrons. The Morgan fingerprint density at radius 2 is 2.33 bits per heavy atom. The molecular weight excluding hydrogens is 228 g/mol. The van der Waals surface area contributed by atoms with E-state index in [2.05, 4.69) is 17.2 Å². The van der Waals surface area contributed by atoms with Gasteiger partial charge in [-0.15, -0.1) is 0 Å². The molecule has 18 heavy (non-hydrogen) atoms. The van der Waals surface area contributed by atoms with Crippen LogP contribution in [-0.4, -0.2) is 36.6 Å². The number of rotatable bonds is 5. The zero-order valence-electron chi connectivity index (χ0n) is 11.0. The first-order valence-electron chi connectivity index (χ1n) is 6.49. The Labute approximate surface area is 108 Å². The van der Waals surface area contributed by atoms with E-state index in [1.807, 2.05) is 13.0 Å². The molecule has 1 aliphatic rings. The number of hydrogen-bond acceptors (Lipinski definition) is 4. The lowest BCUT2D eigenvalue weighted by atomic mass is 9.93. The Morgan fingerprint density at radius 1 is 1.50 bits per heavy atom. The van der Waals surface area contributed by atoms with E-state index in [-0.39, 0.29) is 17.7 Å². The van der Waals surface area contributed by atoms with E-state index in [0.717, 1.165) is 18.5 Å². The highest BCUT2D eigenvalue weighted by Gasteiger charge is 2.34. The molecule has 0 radical (unpaired) electrons. The lowest BCUT2D eigenvalue weighted by Crippen LogP contribution is -2.39. The Hall–Kier alpha value is -1.26. The second kappa shape index (κ2) is 6.07. The summed E-state index contributed by atoms with van der Waals surface area (Å²) in [4.78, 5) is 16.5. The smallest absolute Gasteiger partial charge is 0.171 e. The number of aromatic nitrogens is 1. The molecule has 0 saturated carbocycles. The minimum Gasteiger partial charge on any atom is -0.379 e. The van der Waals surface area contributed by atoms with Crippen LogP contribution in [-0.2, 0) is 4.74 Å². The number of carbonyl (C=O) groups excluding carboxylic acids is 1. The molecule has 0 spiro atoms. The van der Waals surface area contributed by atoms with Crippen LogP contribution in [0.4, 0.5) is 0 Å². The molecular formula is C14H20N2O2. The summed E-state index contributed by atoms with van der Waals surface area (Å²) < 4.78 is 5.44. The maximum absolute atomic E-state index is 12.4. The Morgan fingerprint density at radius 3 is 3.06 bits per heavy atom. The van der Waals surface area contributed by atoms with Crippen LogP contribution in [0.2, 0.25) is 0 Å². The minimum absolute atomic E-state index is 0.0832. The van der Waals surface area contributed by atoms with Gasteiger partial charge in [0, 0.05) is 24.0 Å². The molecule has 1 fully saturated rings. The van der Waals surface area contributed by atoms with E-state index < -0.39 is 0 Å². The largest absolute Gasteiger partial charge is 0.379 e. The van der Waals surface area contributed by atoms with E-state index >= 15 is 0 Å². The summed E-state index contributed by atoms with van der Waals surface area (Å²) in [6.45, 7) is 6.11. The summed E-state index contributed by atoms with van der Waals surface area (Å²) in [6.07, 6.45) is 4.46. The second-order valence-corrected chi connectivity index (χ2v) is 4.82. The summed E-state index contributed by atoms with van der Waals surface area (Å²) in [6, 6.07) is 2.03. The number of carbonyl (C=O) groups is 1. The average Bonchev–Trinajstić information content (AvgIpc) is 2.83. The molecule has 1 N–H and O–H groups in total. The number of aryl methyl sites for hydroxylation is 1. The van der Waals surface area contributed by atoms with Crippen molar-refractivity contribution in [3.05, 3.63) is 29.6 Å². The third-order valence-electron chi connectivity index (χ3n) is 3.23. The predicted molar refractivity (Wildman–Crippen MR) is 69.7 cm³/mol. The van der Waals surface area contributed by atoms with Gasteiger partial charge in [-0.05, 0) is 31.5 Å². The number of nitrogens with zero attached hydrogens (tertiary/aromatic N) is 1. The summed E-state index contributed by atoms with van der Waals surface area (Å²) in [5.41, 5.74) is 1.70. The summed E-state index contributed by atoms with van der Waals surface area (Å²) in [5.74, 6) is 0.0532. The van der Waals surface area contributed by atoms with Gasteiger partial charge >= 0.3 is 0 Å². The number of Topliss-reactive ketones (excluding diaryl/α,β-unsaturated/α-hetero) is 1. The van der Waals surface area contributed by atoms with Gasteiger partial charge in [-0.2, -0.15) is 0 Å². The molecule has 0 aromatic carbocycles. The SMILES string of the molecule is CCCNC1COCC1C(=O)c1cncc(C)c1. The summed E-state index contributed by atoms with van der Waals surface area (Å²) >= 11 is 0. The zero-order valence-corrected chi connectivity index (χ0v) is 11.0. The molecule has 1 aromatic heterocycles. The molecule has 2 unspecified atom stereocenters. The molecule has 4 heteroatoms. The normalized spacial score (nSPS) is 23.2. The lowest BCUT2D eigenvalue weighted by Gasteiger charge is -2.17. The molecule has 2 heterocycles. The van der Waals surface area contributed by atoms with Gasteiger partial charge in [0.2, 0.25) is 0 Å². The summed E-state index contributed by atoms with van der Waals surface area (Å²) in [7, 11) is 0. The molecule has 1 aromatic rings. The van der Waals surface area contributed by atoms with Crippen LogP contribution < -0.4 is 5.32 Å². The van der Waals surface area contributed by atoms with Crippen molar-refractivity contribution < 1.29 is 9.53 Å². The number of nitrogens with one attached hydrogen (secondary N) is 1. The van der Waals surface area contributed by atoms with Gasteiger partial charge < -0.3 is 10.1 Å². The summed E-state index contributed by atoms with van der Waals surface area (Å²) in [5, 5.41) is 3.38. The molecule has 1 saturated heterocycles. The monoisotopic (exact) mass is 248 g/mol. The fraction of sp³-hybridized carbons (Fsp3) is 0.571. The van der Waals surface area contributed by atoms with Crippen molar-refractivity contribution in [2.24, 2.45) is 5.92 Å². The van der Waals surface area contributed by atoms with Gasteiger partial charge in [0.15, 0.2) is 5.78 Å². The minimum atomic E-state index is -0.0832. The van der Waals surface area contributed by atoms with Crippen LogP contribution >= 0.6 is 0 Å². The molecule has 2 rings (SSSR count). The van der Waals surface area contributed by atoms with Gasteiger partial charge in [0.25, 0.3) is 0 Å². The van der Waals surface area contributed by atoms with Crippen LogP contribution in [0.1, 0.15) is 29.3 Å². The van der Waals surface area contributed by atoms with Gasteiger partial charge in [0.05, 0.1) is 19.1 Å². The fourth-order valence-corrected chi connectivity index (χ4v) is 2.25. The highest BCUT2D eigenvalue weighted by Crippen LogP contribution is 2.19. The predicted octanol–water partition coefficient (Wildman–Crippen LogP) is 1.59. The van der Waals surface area contributed by atoms with Gasteiger partial charge in [-0.1, -0.05) is 6.92 Å². The second-order valence-electron chi connectivity index (χ2n) is 4.82. The first kappa shape index (κ1) is 13.2. The van der Waals surface area contributed by atoms with Crippen LogP contribution in [0.15, 0.2) is 18.5 Å². The van der Waals surface area contributed by atoms with E-state index in [1.54, 1.807) is 12.4 Å². The fourth-order valence-electron chi connectivity index (χ4n) is 2.25. The standard InChI is InChI=1S/C14H20N2O2/c1-3-4-16-13-9-18-8-12(13)14(17)11-5-10(2)6-15-7-11/h5-7,12-13,16H,3-4,8-9H2,1-2H3. The molecule has 0 amide bonds. The first-order valence-corrected chi connectivity index (χ1v) is 6.49. The van der Waals surface area contributed by atoms with Crippen molar-refractivity contribution in [2.45, 2.75) is 26.3 Å². The van der Waals surface area contributed by atoms with Gasteiger partial charge in [-0.25, -0.2) is 0 Å². The number of ether oxygens (including phenoxy) is 1.